The van der Waals surface area contributed by atoms with E-state index in [0.717, 1.165) is 44.9 Å². The molecular weight excluding hydrogens is 719 g/mol. The second-order valence-corrected chi connectivity index (χ2v) is 17.5. The summed E-state index contributed by atoms with van der Waals surface area (Å²) < 4.78 is 0. The molecule has 0 aromatic rings. The molecule has 58 heavy (non-hydrogen) atoms. The zero-order valence-electron chi connectivity index (χ0n) is 38.5. The molecule has 0 rings (SSSR count). The number of allylic oxidation sites excluding steroid dienone is 6. The van der Waals surface area contributed by atoms with Crippen LogP contribution in [0.2, 0.25) is 0 Å². The molecule has 5 N–H and O–H groups in total. The summed E-state index contributed by atoms with van der Waals surface area (Å²) >= 11 is 0. The van der Waals surface area contributed by atoms with Gasteiger partial charge in [-0.05, 0) is 64.2 Å². The van der Waals surface area contributed by atoms with Gasteiger partial charge in [-0.2, -0.15) is 0 Å². The standard InChI is InChI=1S/C52H99NO5/c1-3-5-7-9-11-12-13-14-15-16-17-18-19-20-21-22-23-24-25-26-27-28-29-30-31-32-33-34-35-36-37-38-39-40-42-44-46-50(56)52(58)53-48(47-54)51(57)49(55)45-43-41-10-8-6-4-2/h8,10,21-22,24-25,48-51,54-57H,3-7,9,11-20,23,26-47H2,1-2H3,(H,53,58)/b10-8+,22-21-,25-24-. The lowest BCUT2D eigenvalue weighted by molar-refractivity contribution is -0.132. The number of aliphatic hydroxyl groups is 4. The molecule has 0 saturated carbocycles. The molecule has 0 radical (unpaired) electrons. The summed E-state index contributed by atoms with van der Waals surface area (Å²) in [6, 6.07) is -0.998. The van der Waals surface area contributed by atoms with E-state index in [1.54, 1.807) is 0 Å². The van der Waals surface area contributed by atoms with Gasteiger partial charge < -0.3 is 25.7 Å². The molecule has 0 aromatic heterocycles. The zero-order valence-corrected chi connectivity index (χ0v) is 38.5. The number of aliphatic hydroxyl groups excluding tert-OH is 4. The molecule has 6 heteroatoms. The number of carbonyl (C=O) groups excluding carboxylic acids is 1. The Morgan fingerprint density at radius 1 is 0.431 bits per heavy atom. The second-order valence-electron chi connectivity index (χ2n) is 17.5. The van der Waals surface area contributed by atoms with Crippen LogP contribution in [0.4, 0.5) is 0 Å². The quantitative estimate of drug-likeness (QED) is 0.0310. The topological polar surface area (TPSA) is 110 Å². The fraction of sp³-hybridized carbons (Fsp3) is 0.865. The summed E-state index contributed by atoms with van der Waals surface area (Å²) in [5, 5.41) is 43.2. The van der Waals surface area contributed by atoms with Crippen molar-refractivity contribution in [1.29, 1.82) is 0 Å². The zero-order chi connectivity index (χ0) is 42.4. The highest BCUT2D eigenvalue weighted by Crippen LogP contribution is 2.17. The molecule has 6 nitrogen and oxygen atoms in total. The normalized spacial score (nSPS) is 14.2. The van der Waals surface area contributed by atoms with Crippen molar-refractivity contribution in [3.63, 3.8) is 0 Å². The predicted octanol–water partition coefficient (Wildman–Crippen LogP) is 14.1. The van der Waals surface area contributed by atoms with Crippen molar-refractivity contribution in [2.24, 2.45) is 0 Å². The Labute approximate surface area is 360 Å². The average molecular weight is 818 g/mol. The maximum Gasteiger partial charge on any atom is 0.249 e. The van der Waals surface area contributed by atoms with Gasteiger partial charge in [0.05, 0.1) is 18.8 Å². The van der Waals surface area contributed by atoms with Crippen molar-refractivity contribution in [2.75, 3.05) is 6.61 Å². The molecule has 0 aromatic carbocycles. The van der Waals surface area contributed by atoms with Gasteiger partial charge in [0.1, 0.15) is 12.2 Å². The number of hydrogen-bond acceptors (Lipinski definition) is 5. The van der Waals surface area contributed by atoms with Crippen LogP contribution in [0.3, 0.4) is 0 Å². The number of amides is 1. The van der Waals surface area contributed by atoms with Crippen molar-refractivity contribution in [3.8, 4) is 0 Å². The predicted molar refractivity (Wildman–Crippen MR) is 251 cm³/mol. The van der Waals surface area contributed by atoms with E-state index >= 15 is 0 Å². The molecule has 4 atom stereocenters. The van der Waals surface area contributed by atoms with Gasteiger partial charge in [-0.25, -0.2) is 0 Å². The van der Waals surface area contributed by atoms with E-state index in [-0.39, 0.29) is 0 Å². The molecule has 0 bridgehead atoms. The maximum absolute atomic E-state index is 12.4. The Kier molecular flexibility index (Phi) is 45.4. The third-order valence-electron chi connectivity index (χ3n) is 11.8. The summed E-state index contributed by atoms with van der Waals surface area (Å²) in [4.78, 5) is 12.4. The fourth-order valence-electron chi connectivity index (χ4n) is 7.80. The van der Waals surface area contributed by atoms with Crippen molar-refractivity contribution in [1.82, 2.24) is 5.32 Å². The highest BCUT2D eigenvalue weighted by Gasteiger charge is 2.28. The monoisotopic (exact) mass is 818 g/mol. The van der Waals surface area contributed by atoms with Gasteiger partial charge in [0.15, 0.2) is 0 Å². The Morgan fingerprint density at radius 2 is 0.793 bits per heavy atom. The third kappa shape index (κ3) is 40.0. The van der Waals surface area contributed by atoms with Crippen LogP contribution in [-0.4, -0.2) is 57.3 Å². The first-order valence-corrected chi connectivity index (χ1v) is 25.4. The fourth-order valence-corrected chi connectivity index (χ4v) is 7.80. The van der Waals surface area contributed by atoms with Crippen LogP contribution in [-0.2, 0) is 4.79 Å². The van der Waals surface area contributed by atoms with Gasteiger partial charge in [-0.1, -0.05) is 230 Å². The van der Waals surface area contributed by atoms with Crippen LogP contribution in [0, 0.1) is 0 Å². The summed E-state index contributed by atoms with van der Waals surface area (Å²) in [5.74, 6) is -0.597. The van der Waals surface area contributed by atoms with Crippen LogP contribution >= 0.6 is 0 Å². The molecule has 0 saturated heterocycles. The van der Waals surface area contributed by atoms with E-state index in [4.69, 9.17) is 0 Å². The highest BCUT2D eigenvalue weighted by atomic mass is 16.3. The minimum absolute atomic E-state index is 0.363. The summed E-state index contributed by atoms with van der Waals surface area (Å²) in [7, 11) is 0. The minimum Gasteiger partial charge on any atom is -0.394 e. The minimum atomic E-state index is -1.28. The second kappa shape index (κ2) is 46.6. The smallest absolute Gasteiger partial charge is 0.249 e. The number of carbonyl (C=O) groups is 1. The van der Waals surface area contributed by atoms with Crippen molar-refractivity contribution >= 4 is 5.91 Å². The molecule has 0 heterocycles. The number of rotatable bonds is 46. The van der Waals surface area contributed by atoms with Crippen LogP contribution in [0.1, 0.15) is 258 Å². The number of nitrogens with one attached hydrogen (secondary N) is 1. The average Bonchev–Trinajstić information content (AvgIpc) is 3.23. The molecule has 1 amide bonds. The summed E-state index contributed by atoms with van der Waals surface area (Å²) in [5.41, 5.74) is 0. The van der Waals surface area contributed by atoms with Crippen LogP contribution < -0.4 is 5.32 Å². The van der Waals surface area contributed by atoms with Crippen LogP contribution in [0.25, 0.3) is 0 Å². The van der Waals surface area contributed by atoms with Gasteiger partial charge in [-0.3, -0.25) is 4.79 Å². The van der Waals surface area contributed by atoms with Gasteiger partial charge in [0.2, 0.25) is 5.91 Å². The van der Waals surface area contributed by atoms with Crippen molar-refractivity contribution in [2.45, 2.75) is 282 Å². The van der Waals surface area contributed by atoms with E-state index in [1.165, 1.54) is 180 Å². The Bertz CT molecular complexity index is 919. The highest BCUT2D eigenvalue weighted by molar-refractivity contribution is 5.80. The first-order chi connectivity index (χ1) is 28.5. The van der Waals surface area contributed by atoms with Gasteiger partial charge in [-0.15, -0.1) is 0 Å². The Hall–Kier alpha value is -1.47. The number of unbranched alkanes of at least 4 members (excludes halogenated alkanes) is 31. The first kappa shape index (κ1) is 56.5. The number of hydrogen-bond donors (Lipinski definition) is 5. The summed E-state index contributed by atoms with van der Waals surface area (Å²) in [6.45, 7) is 3.92. The third-order valence-corrected chi connectivity index (χ3v) is 11.8. The van der Waals surface area contributed by atoms with Gasteiger partial charge in [0.25, 0.3) is 0 Å². The molecule has 4 unspecified atom stereocenters. The Balaban J connectivity index is 3.48. The maximum atomic E-state index is 12.4. The van der Waals surface area contributed by atoms with Crippen molar-refractivity contribution in [3.05, 3.63) is 36.5 Å². The molecule has 0 aliphatic carbocycles. The lowest BCUT2D eigenvalue weighted by Gasteiger charge is -2.27. The summed E-state index contributed by atoms with van der Waals surface area (Å²) in [6.07, 6.45) is 57.0. The molecule has 0 spiro atoms. The molecule has 0 aliphatic rings. The molecule has 0 aliphatic heterocycles. The molecular formula is C52H99NO5. The van der Waals surface area contributed by atoms with E-state index in [2.05, 4.69) is 55.6 Å². The lowest BCUT2D eigenvalue weighted by Crippen LogP contribution is -2.53. The van der Waals surface area contributed by atoms with Gasteiger partial charge >= 0.3 is 0 Å². The molecule has 0 fully saturated rings. The van der Waals surface area contributed by atoms with E-state index < -0.39 is 36.9 Å². The SMILES string of the molecule is CCC/C=C/CCCC(O)C(O)C(CO)NC(=O)C(O)CCCCCCCCCCCCCCCCCC/C=C\C/C=C\CCCCCCCCCCCCCCC. The van der Waals surface area contributed by atoms with Gasteiger partial charge in [0, 0.05) is 0 Å². The van der Waals surface area contributed by atoms with E-state index in [0.29, 0.717) is 19.3 Å². The lowest BCUT2D eigenvalue weighted by atomic mass is 10.00. The largest absolute Gasteiger partial charge is 0.394 e. The van der Waals surface area contributed by atoms with Crippen LogP contribution in [0.5, 0.6) is 0 Å². The molecule has 342 valence electrons. The van der Waals surface area contributed by atoms with E-state index in [1.807, 2.05) is 0 Å². The first-order valence-electron chi connectivity index (χ1n) is 25.4. The van der Waals surface area contributed by atoms with Crippen molar-refractivity contribution < 1.29 is 25.2 Å². The van der Waals surface area contributed by atoms with Crippen LogP contribution in [0.15, 0.2) is 36.5 Å². The Morgan fingerprint density at radius 3 is 1.21 bits per heavy atom. The van der Waals surface area contributed by atoms with E-state index in [9.17, 15) is 25.2 Å².